The van der Waals surface area contributed by atoms with Crippen LogP contribution in [0.1, 0.15) is 43.3 Å². The molecule has 32 heavy (non-hydrogen) atoms. The Bertz CT molecular complexity index is 963. The Morgan fingerprint density at radius 3 is 3.06 bits per heavy atom. The van der Waals surface area contributed by atoms with Crippen molar-refractivity contribution in [3.8, 4) is 0 Å². The molecule has 4 bridgehead atoms. The molecule has 4 heterocycles. The molecule has 11 heteroatoms. The summed E-state index contributed by atoms with van der Waals surface area (Å²) in [5.74, 6) is 0.277. The maximum absolute atomic E-state index is 13.4. The van der Waals surface area contributed by atoms with E-state index in [2.05, 4.69) is 22.9 Å². The fourth-order valence-electron chi connectivity index (χ4n) is 3.92. The van der Waals surface area contributed by atoms with Gasteiger partial charge in [0.05, 0.1) is 13.0 Å². The third-order valence-electron chi connectivity index (χ3n) is 5.59. The van der Waals surface area contributed by atoms with Gasteiger partial charge in [0.15, 0.2) is 0 Å². The number of hydrogen-bond acceptors (Lipinski definition) is 9. The topological polar surface area (TPSA) is 101 Å². The van der Waals surface area contributed by atoms with Crippen molar-refractivity contribution in [1.82, 2.24) is 15.2 Å². The highest BCUT2D eigenvalue weighted by Gasteiger charge is 2.46. The van der Waals surface area contributed by atoms with Crippen LogP contribution in [0.4, 0.5) is 0 Å². The quantitative estimate of drug-likeness (QED) is 0.380. The summed E-state index contributed by atoms with van der Waals surface area (Å²) < 4.78 is 5.71. The molecule has 2 amide bonds. The second-order valence-electron chi connectivity index (χ2n) is 8.16. The van der Waals surface area contributed by atoms with E-state index in [9.17, 15) is 14.4 Å². The lowest BCUT2D eigenvalue weighted by Crippen LogP contribution is -2.51. The van der Waals surface area contributed by atoms with Gasteiger partial charge in [-0.3, -0.25) is 14.6 Å². The third-order valence-corrected chi connectivity index (χ3v) is 7.98. The van der Waals surface area contributed by atoms with Gasteiger partial charge in [-0.2, -0.15) is 12.6 Å². The van der Waals surface area contributed by atoms with E-state index in [4.69, 9.17) is 9.73 Å². The highest BCUT2D eigenvalue weighted by Crippen LogP contribution is 2.35. The lowest BCUT2D eigenvalue weighted by molar-refractivity contribution is -0.157. The van der Waals surface area contributed by atoms with Crippen LogP contribution in [0.5, 0.6) is 0 Å². The average Bonchev–Trinajstić information content (AvgIpc) is 3.51. The fraction of sp³-hybridized carbons (Fsp3) is 0.571. The summed E-state index contributed by atoms with van der Waals surface area (Å²) in [5.41, 5.74) is -0.220. The smallest absolute Gasteiger partial charge is 0.329 e. The number of carbonyl (C=O) groups excluding carboxylic acids is 3. The molecule has 3 aliphatic heterocycles. The SMILES string of the molecule is C[C@@]12CSC(=N1)c1csc(n1)CNC(=O)C[C@@H](C=CCCS)OC(=O)[C@@H]1CCCN1C2=O. The minimum atomic E-state index is -0.941. The van der Waals surface area contributed by atoms with E-state index >= 15 is 0 Å². The number of allylic oxidation sites excluding steroid dienone is 1. The first-order valence-corrected chi connectivity index (χ1v) is 13.1. The molecule has 3 aliphatic rings. The van der Waals surface area contributed by atoms with Crippen LogP contribution in [0.3, 0.4) is 0 Å². The van der Waals surface area contributed by atoms with E-state index in [1.165, 1.54) is 23.1 Å². The molecule has 0 spiro atoms. The Labute approximate surface area is 200 Å². The van der Waals surface area contributed by atoms with Crippen LogP contribution in [-0.2, 0) is 25.7 Å². The Hall–Kier alpha value is -1.85. The molecule has 0 radical (unpaired) electrons. The predicted octanol–water partition coefficient (Wildman–Crippen LogP) is 2.19. The first-order valence-electron chi connectivity index (χ1n) is 10.6. The van der Waals surface area contributed by atoms with Crippen LogP contribution in [0, 0.1) is 0 Å². The molecule has 8 nitrogen and oxygen atoms in total. The van der Waals surface area contributed by atoms with Crippen LogP contribution >= 0.6 is 35.7 Å². The van der Waals surface area contributed by atoms with E-state index < -0.39 is 23.7 Å². The molecular weight excluding hydrogens is 468 g/mol. The summed E-state index contributed by atoms with van der Waals surface area (Å²) in [4.78, 5) is 49.9. The number of nitrogens with one attached hydrogen (secondary N) is 1. The van der Waals surface area contributed by atoms with Gasteiger partial charge in [-0.25, -0.2) is 9.78 Å². The lowest BCUT2D eigenvalue weighted by atomic mass is 10.0. The number of amides is 2. The number of carbonyl (C=O) groups is 3. The largest absolute Gasteiger partial charge is 0.456 e. The van der Waals surface area contributed by atoms with Crippen molar-refractivity contribution in [3.63, 3.8) is 0 Å². The predicted molar refractivity (Wildman–Crippen MR) is 128 cm³/mol. The first kappa shape index (κ1) is 23.3. The third kappa shape index (κ3) is 5.04. The maximum atomic E-state index is 13.4. The molecule has 1 aromatic heterocycles. The van der Waals surface area contributed by atoms with Crippen molar-refractivity contribution in [3.05, 3.63) is 28.2 Å². The highest BCUT2D eigenvalue weighted by molar-refractivity contribution is 8.14. The van der Waals surface area contributed by atoms with Crippen molar-refractivity contribution in [1.29, 1.82) is 0 Å². The summed E-state index contributed by atoms with van der Waals surface area (Å²) >= 11 is 7.12. The molecular formula is C21H26N4O4S3. The summed E-state index contributed by atoms with van der Waals surface area (Å²) in [5, 5.41) is 6.22. The highest BCUT2D eigenvalue weighted by atomic mass is 32.2. The van der Waals surface area contributed by atoms with Crippen molar-refractivity contribution in [2.45, 2.75) is 56.8 Å². The van der Waals surface area contributed by atoms with E-state index in [1.807, 2.05) is 18.4 Å². The summed E-state index contributed by atoms with van der Waals surface area (Å²) in [6.07, 6.45) is 4.85. The van der Waals surface area contributed by atoms with Gasteiger partial charge in [-0.1, -0.05) is 6.08 Å². The number of thiol groups is 1. The number of nitrogens with zero attached hydrogens (tertiary/aromatic N) is 3. The summed E-state index contributed by atoms with van der Waals surface area (Å²) in [7, 11) is 0. The Kier molecular flexibility index (Phi) is 7.26. The zero-order valence-corrected chi connectivity index (χ0v) is 20.3. The monoisotopic (exact) mass is 494 g/mol. The molecule has 1 saturated heterocycles. The number of fused-ring (bicyclic) bond motifs is 5. The Balaban J connectivity index is 1.65. The van der Waals surface area contributed by atoms with Crippen LogP contribution in [-0.4, -0.2) is 68.4 Å². The molecule has 1 aromatic rings. The standard InChI is InChI=1S/C21H26N4O4S3/c1-21-12-32-18(24-21)14-11-31-17(23-14)10-22-16(26)9-13(5-2-3-8-30)29-19(27)15-6-4-7-25(15)20(21)28/h2,5,11,13,15,30H,3-4,6-10,12H2,1H3,(H,22,26)/t13-,15+,21+/m1/s1. The zero-order valence-electron chi connectivity index (χ0n) is 17.8. The summed E-state index contributed by atoms with van der Waals surface area (Å²) in [6, 6.07) is -0.661. The number of ether oxygens (including phenoxy) is 1. The van der Waals surface area contributed by atoms with Crippen molar-refractivity contribution in [2.75, 3.05) is 18.1 Å². The maximum Gasteiger partial charge on any atom is 0.329 e. The number of cyclic esters (lactones) is 1. The molecule has 172 valence electrons. The molecule has 3 atom stereocenters. The van der Waals surface area contributed by atoms with E-state index in [-0.39, 0.29) is 24.8 Å². The number of rotatable bonds is 3. The number of hydrogen-bond donors (Lipinski definition) is 2. The lowest BCUT2D eigenvalue weighted by Gasteiger charge is -2.30. The van der Waals surface area contributed by atoms with Crippen LogP contribution in [0.15, 0.2) is 22.5 Å². The van der Waals surface area contributed by atoms with Crippen LogP contribution in [0.25, 0.3) is 0 Å². The molecule has 1 fully saturated rings. The van der Waals surface area contributed by atoms with Crippen molar-refractivity contribution in [2.24, 2.45) is 4.99 Å². The molecule has 1 N–H and O–H groups in total. The van der Waals surface area contributed by atoms with Gasteiger partial charge >= 0.3 is 5.97 Å². The van der Waals surface area contributed by atoms with Gasteiger partial charge in [-0.15, -0.1) is 23.1 Å². The number of thiazole rings is 1. The summed E-state index contributed by atoms with van der Waals surface area (Å²) in [6.45, 7) is 2.59. The second kappa shape index (κ2) is 9.96. The van der Waals surface area contributed by atoms with E-state index in [1.54, 1.807) is 11.0 Å². The number of aromatic nitrogens is 1. The number of thioether (sulfide) groups is 1. The van der Waals surface area contributed by atoms with Gasteiger partial charge in [0, 0.05) is 17.7 Å². The van der Waals surface area contributed by atoms with Crippen molar-refractivity contribution < 1.29 is 19.1 Å². The van der Waals surface area contributed by atoms with Gasteiger partial charge in [0.1, 0.15) is 33.4 Å². The minimum absolute atomic E-state index is 0.00792. The van der Waals surface area contributed by atoms with Gasteiger partial charge in [-0.05, 0) is 38.0 Å². The van der Waals surface area contributed by atoms with Crippen molar-refractivity contribution >= 4 is 58.6 Å². The first-order chi connectivity index (χ1) is 15.4. The van der Waals surface area contributed by atoms with Gasteiger partial charge in [0.25, 0.3) is 5.91 Å². The second-order valence-corrected chi connectivity index (χ2v) is 10.5. The molecule has 0 aromatic carbocycles. The molecule has 0 unspecified atom stereocenters. The van der Waals surface area contributed by atoms with Crippen LogP contribution in [0.2, 0.25) is 0 Å². The minimum Gasteiger partial charge on any atom is -0.456 e. The molecule has 4 rings (SSSR count). The van der Waals surface area contributed by atoms with Crippen LogP contribution < -0.4 is 5.32 Å². The molecule has 0 saturated carbocycles. The average molecular weight is 495 g/mol. The zero-order chi connectivity index (χ0) is 22.7. The fourth-order valence-corrected chi connectivity index (χ4v) is 5.99. The Morgan fingerprint density at radius 1 is 1.41 bits per heavy atom. The van der Waals surface area contributed by atoms with E-state index in [0.29, 0.717) is 30.9 Å². The van der Waals surface area contributed by atoms with Gasteiger partial charge in [0.2, 0.25) is 5.91 Å². The Morgan fingerprint density at radius 2 is 2.25 bits per heavy atom. The number of aliphatic imine (C=N–C) groups is 1. The van der Waals surface area contributed by atoms with Gasteiger partial charge < -0.3 is 15.0 Å². The van der Waals surface area contributed by atoms with E-state index in [0.717, 1.165) is 22.2 Å². The molecule has 0 aliphatic carbocycles. The number of esters is 1. The normalized spacial score (nSPS) is 29.1.